The highest BCUT2D eigenvalue weighted by atomic mass is 19.1. The number of hydrogen-bond donors (Lipinski definition) is 2. The summed E-state index contributed by atoms with van der Waals surface area (Å²) >= 11 is 0. The first-order valence-electron chi connectivity index (χ1n) is 6.34. The number of benzene rings is 1. The van der Waals surface area contributed by atoms with Gasteiger partial charge >= 0.3 is 0 Å². The van der Waals surface area contributed by atoms with Crippen molar-refractivity contribution in [2.45, 2.75) is 0 Å². The van der Waals surface area contributed by atoms with E-state index in [1.54, 1.807) is 35.3 Å². The number of anilines is 2. The fraction of sp³-hybridized carbons (Fsp3) is 0.0667. The third-order valence-corrected chi connectivity index (χ3v) is 3.24. The van der Waals surface area contributed by atoms with Gasteiger partial charge in [-0.15, -0.1) is 0 Å². The summed E-state index contributed by atoms with van der Waals surface area (Å²) < 4.78 is 15.8. The molecule has 5 nitrogen and oxygen atoms in total. The molecular formula is C15H14FN5. The largest absolute Gasteiger partial charge is 0.399 e. The highest BCUT2D eigenvalue weighted by molar-refractivity contribution is 5.79. The summed E-state index contributed by atoms with van der Waals surface area (Å²) in [4.78, 5) is 4.15. The number of halogens is 1. The van der Waals surface area contributed by atoms with Gasteiger partial charge in [-0.25, -0.2) is 9.37 Å². The molecule has 0 atom stereocenters. The van der Waals surface area contributed by atoms with Gasteiger partial charge in [0.25, 0.3) is 0 Å². The van der Waals surface area contributed by atoms with Crippen LogP contribution in [0.2, 0.25) is 0 Å². The highest BCUT2D eigenvalue weighted by Crippen LogP contribution is 2.31. The third-order valence-electron chi connectivity index (χ3n) is 3.24. The van der Waals surface area contributed by atoms with Gasteiger partial charge in [-0.1, -0.05) is 0 Å². The van der Waals surface area contributed by atoms with Gasteiger partial charge in [0, 0.05) is 47.4 Å². The van der Waals surface area contributed by atoms with Crippen molar-refractivity contribution in [3.05, 3.63) is 48.7 Å². The van der Waals surface area contributed by atoms with Crippen molar-refractivity contribution in [2.24, 2.45) is 7.05 Å². The Kier molecular flexibility index (Phi) is 3.06. The topological polar surface area (TPSA) is 82.8 Å². The molecule has 2 heterocycles. The first-order valence-corrected chi connectivity index (χ1v) is 6.34. The predicted octanol–water partition coefficient (Wildman–Crippen LogP) is 2.45. The minimum atomic E-state index is -0.424. The van der Waals surface area contributed by atoms with Gasteiger partial charge in [0.1, 0.15) is 11.6 Å². The molecule has 0 amide bonds. The van der Waals surface area contributed by atoms with Crippen LogP contribution in [0.1, 0.15) is 0 Å². The molecule has 0 spiro atoms. The molecule has 21 heavy (non-hydrogen) atoms. The molecule has 0 saturated heterocycles. The monoisotopic (exact) mass is 283 g/mol. The lowest BCUT2D eigenvalue weighted by atomic mass is 10.0. The first kappa shape index (κ1) is 13.1. The fourth-order valence-electron chi connectivity index (χ4n) is 2.17. The number of aromatic nitrogens is 3. The smallest absolute Gasteiger partial charge is 0.133 e. The van der Waals surface area contributed by atoms with E-state index in [1.165, 1.54) is 6.07 Å². The molecule has 3 rings (SSSR count). The first-order chi connectivity index (χ1) is 10.0. The van der Waals surface area contributed by atoms with Gasteiger partial charge in [0.2, 0.25) is 0 Å². The number of nitrogens with zero attached hydrogens (tertiary/aromatic N) is 3. The lowest BCUT2D eigenvalue weighted by molar-refractivity contribution is 0.632. The third kappa shape index (κ3) is 2.43. The molecule has 0 bridgehead atoms. The van der Waals surface area contributed by atoms with Crippen LogP contribution in [0, 0.1) is 5.82 Å². The van der Waals surface area contributed by atoms with E-state index in [2.05, 4.69) is 10.1 Å². The van der Waals surface area contributed by atoms with Gasteiger partial charge in [0.15, 0.2) is 0 Å². The zero-order chi connectivity index (χ0) is 15.0. The fourth-order valence-corrected chi connectivity index (χ4v) is 2.17. The van der Waals surface area contributed by atoms with Crippen LogP contribution >= 0.6 is 0 Å². The molecular weight excluding hydrogens is 269 g/mol. The van der Waals surface area contributed by atoms with Crippen LogP contribution in [0.5, 0.6) is 0 Å². The summed E-state index contributed by atoms with van der Waals surface area (Å²) in [6.45, 7) is 0. The Balaban J connectivity index is 2.14. The van der Waals surface area contributed by atoms with E-state index in [4.69, 9.17) is 11.5 Å². The van der Waals surface area contributed by atoms with Crippen molar-refractivity contribution in [2.75, 3.05) is 11.5 Å². The number of nitrogen functional groups attached to an aromatic ring is 2. The Morgan fingerprint density at radius 1 is 1.05 bits per heavy atom. The summed E-state index contributed by atoms with van der Waals surface area (Å²) in [5.74, 6) is -0.154. The lowest BCUT2D eigenvalue weighted by Crippen LogP contribution is -1.97. The molecule has 2 aromatic heterocycles. The van der Waals surface area contributed by atoms with Crippen LogP contribution in [0.15, 0.2) is 42.9 Å². The number of pyridine rings is 1. The van der Waals surface area contributed by atoms with Crippen LogP contribution in [-0.4, -0.2) is 14.8 Å². The van der Waals surface area contributed by atoms with Gasteiger partial charge in [0.05, 0.1) is 6.20 Å². The van der Waals surface area contributed by atoms with Gasteiger partial charge in [-0.05, 0) is 24.3 Å². The molecule has 0 unspecified atom stereocenters. The lowest BCUT2D eigenvalue weighted by Gasteiger charge is -2.09. The zero-order valence-corrected chi connectivity index (χ0v) is 11.4. The molecule has 1 aromatic carbocycles. The van der Waals surface area contributed by atoms with E-state index in [0.717, 1.165) is 11.1 Å². The van der Waals surface area contributed by atoms with E-state index in [9.17, 15) is 4.39 Å². The van der Waals surface area contributed by atoms with Gasteiger partial charge in [-0.2, -0.15) is 5.10 Å². The van der Waals surface area contributed by atoms with Gasteiger partial charge in [-0.3, -0.25) is 4.68 Å². The Hall–Kier alpha value is -2.89. The van der Waals surface area contributed by atoms with Crippen molar-refractivity contribution in [3.63, 3.8) is 0 Å². The van der Waals surface area contributed by atoms with Gasteiger partial charge < -0.3 is 11.5 Å². The zero-order valence-electron chi connectivity index (χ0n) is 11.4. The van der Waals surface area contributed by atoms with Crippen LogP contribution in [-0.2, 0) is 7.05 Å². The maximum Gasteiger partial charge on any atom is 0.133 e. The van der Waals surface area contributed by atoms with Crippen LogP contribution in [0.25, 0.3) is 22.3 Å². The van der Waals surface area contributed by atoms with Crippen molar-refractivity contribution >= 4 is 11.5 Å². The molecule has 0 aliphatic heterocycles. The normalized spacial score (nSPS) is 10.8. The molecule has 106 valence electrons. The number of aryl methyl sites for hydroxylation is 1. The van der Waals surface area contributed by atoms with Crippen molar-refractivity contribution in [1.29, 1.82) is 0 Å². The summed E-state index contributed by atoms with van der Waals surface area (Å²) in [7, 11) is 1.83. The minimum absolute atomic E-state index is 0.270. The standard InChI is InChI=1S/C15H14FN5/c1-21-8-10(7-20-21)9-4-13(15(18)19-6-9)12-3-2-11(17)5-14(12)16/h2-8H,17H2,1H3,(H2,18,19). The van der Waals surface area contributed by atoms with Crippen molar-refractivity contribution < 1.29 is 4.39 Å². The minimum Gasteiger partial charge on any atom is -0.399 e. The molecule has 3 aromatic rings. The van der Waals surface area contributed by atoms with Crippen LogP contribution in [0.4, 0.5) is 15.9 Å². The van der Waals surface area contributed by atoms with Crippen molar-refractivity contribution in [3.8, 4) is 22.3 Å². The second kappa shape index (κ2) is 4.90. The number of rotatable bonds is 2. The summed E-state index contributed by atoms with van der Waals surface area (Å²) in [6.07, 6.45) is 5.22. The Labute approximate surface area is 121 Å². The SMILES string of the molecule is Cn1cc(-c2cnc(N)c(-c3ccc(N)cc3F)c2)cn1. The number of hydrogen-bond acceptors (Lipinski definition) is 4. The van der Waals surface area contributed by atoms with E-state index < -0.39 is 5.82 Å². The summed E-state index contributed by atoms with van der Waals surface area (Å²) in [5, 5.41) is 4.11. The molecule has 0 saturated carbocycles. The molecule has 0 radical (unpaired) electrons. The van der Waals surface area contributed by atoms with Crippen molar-refractivity contribution in [1.82, 2.24) is 14.8 Å². The average Bonchev–Trinajstić information content (AvgIpc) is 2.87. The predicted molar refractivity (Wildman–Crippen MR) is 80.7 cm³/mol. The Morgan fingerprint density at radius 3 is 2.52 bits per heavy atom. The molecule has 4 N–H and O–H groups in total. The number of nitrogens with two attached hydrogens (primary N) is 2. The Bertz CT molecular complexity index is 810. The summed E-state index contributed by atoms with van der Waals surface area (Å²) in [6, 6.07) is 6.30. The maximum atomic E-state index is 14.1. The van der Waals surface area contributed by atoms with E-state index >= 15 is 0 Å². The van der Waals surface area contributed by atoms with Crippen LogP contribution < -0.4 is 11.5 Å². The maximum absolute atomic E-state index is 14.1. The molecule has 0 aliphatic carbocycles. The van der Waals surface area contributed by atoms with E-state index in [0.29, 0.717) is 16.8 Å². The second-order valence-corrected chi connectivity index (χ2v) is 4.80. The molecule has 6 heteroatoms. The summed E-state index contributed by atoms with van der Waals surface area (Å²) in [5.41, 5.74) is 14.4. The Morgan fingerprint density at radius 2 is 1.86 bits per heavy atom. The van der Waals surface area contributed by atoms with E-state index in [-0.39, 0.29) is 5.82 Å². The quantitative estimate of drug-likeness (QED) is 0.708. The average molecular weight is 283 g/mol. The second-order valence-electron chi connectivity index (χ2n) is 4.80. The highest BCUT2D eigenvalue weighted by Gasteiger charge is 2.12. The van der Waals surface area contributed by atoms with E-state index in [1.807, 2.05) is 13.2 Å². The molecule has 0 aliphatic rings. The van der Waals surface area contributed by atoms with Crippen LogP contribution in [0.3, 0.4) is 0 Å². The molecule has 0 fully saturated rings.